The summed E-state index contributed by atoms with van der Waals surface area (Å²) in [6, 6.07) is 3.87. The quantitative estimate of drug-likeness (QED) is 0.926. The third-order valence-electron chi connectivity index (χ3n) is 2.43. The van der Waals surface area contributed by atoms with Crippen LogP contribution in [-0.2, 0) is 12.7 Å². The van der Waals surface area contributed by atoms with Gasteiger partial charge in [-0.25, -0.2) is 4.98 Å². The van der Waals surface area contributed by atoms with E-state index in [1.54, 1.807) is 7.05 Å². The van der Waals surface area contributed by atoms with E-state index in [1.807, 2.05) is 0 Å². The third-order valence-corrected chi connectivity index (χ3v) is 3.12. The molecule has 1 heterocycles. The summed E-state index contributed by atoms with van der Waals surface area (Å²) >= 11 is 2.89. The Hall–Kier alpha value is -1.34. The van der Waals surface area contributed by atoms with E-state index < -0.39 is 11.7 Å². The minimum Gasteiger partial charge on any atom is -0.444 e. The summed E-state index contributed by atoms with van der Waals surface area (Å²) < 4.78 is 43.5. The van der Waals surface area contributed by atoms with Crippen LogP contribution in [0.5, 0.6) is 0 Å². The van der Waals surface area contributed by atoms with E-state index in [0.29, 0.717) is 12.2 Å². The number of nitrogens with one attached hydrogen (secondary N) is 1. The number of alkyl halides is 3. The van der Waals surface area contributed by atoms with Crippen molar-refractivity contribution in [2.24, 2.45) is 0 Å². The van der Waals surface area contributed by atoms with Crippen molar-refractivity contribution in [2.75, 3.05) is 7.05 Å². The van der Waals surface area contributed by atoms with Gasteiger partial charge in [-0.2, -0.15) is 13.2 Å². The fourth-order valence-electron chi connectivity index (χ4n) is 1.58. The molecule has 1 N–H and O–H groups in total. The van der Waals surface area contributed by atoms with Crippen molar-refractivity contribution in [1.82, 2.24) is 10.3 Å². The van der Waals surface area contributed by atoms with Crippen LogP contribution < -0.4 is 5.32 Å². The minimum atomic E-state index is -4.42. The molecule has 0 saturated heterocycles. The number of hydrogen-bond acceptors (Lipinski definition) is 3. The highest BCUT2D eigenvalue weighted by atomic mass is 79.9. The molecule has 0 atom stereocenters. The molecule has 0 unspecified atom stereocenters. The number of rotatable bonds is 3. The fourth-order valence-corrected chi connectivity index (χ4v) is 2.05. The van der Waals surface area contributed by atoms with Crippen molar-refractivity contribution in [1.29, 1.82) is 0 Å². The van der Waals surface area contributed by atoms with Crippen LogP contribution in [0.4, 0.5) is 13.2 Å². The maximum Gasteiger partial charge on any atom is 0.417 e. The Bertz CT molecular complexity index is 581. The summed E-state index contributed by atoms with van der Waals surface area (Å²) in [5, 5.41) is 2.88. The van der Waals surface area contributed by atoms with E-state index in [-0.39, 0.29) is 15.9 Å². The first-order valence-corrected chi connectivity index (χ1v) is 6.17. The third kappa shape index (κ3) is 3.16. The van der Waals surface area contributed by atoms with Gasteiger partial charge in [-0.3, -0.25) is 0 Å². The van der Waals surface area contributed by atoms with Crippen LogP contribution in [0.15, 0.2) is 33.4 Å². The number of aromatic nitrogens is 1. The van der Waals surface area contributed by atoms with Crippen molar-refractivity contribution in [3.05, 3.63) is 40.2 Å². The first-order valence-electron chi connectivity index (χ1n) is 5.38. The zero-order chi connectivity index (χ0) is 14.0. The molecule has 0 aliphatic heterocycles. The summed E-state index contributed by atoms with van der Waals surface area (Å²) in [5.74, 6) is 0.170. The van der Waals surface area contributed by atoms with E-state index >= 15 is 0 Å². The molecule has 1 aromatic carbocycles. The summed E-state index contributed by atoms with van der Waals surface area (Å²) in [6.45, 7) is 0.492. The topological polar surface area (TPSA) is 38.1 Å². The Morgan fingerprint density at radius 1 is 1.37 bits per heavy atom. The van der Waals surface area contributed by atoms with Crippen molar-refractivity contribution < 1.29 is 17.6 Å². The molecule has 3 nitrogen and oxygen atoms in total. The van der Waals surface area contributed by atoms with E-state index in [1.165, 1.54) is 18.4 Å². The predicted octanol–water partition coefficient (Wildman–Crippen LogP) is 3.84. The minimum absolute atomic E-state index is 0.00856. The van der Waals surface area contributed by atoms with Crippen molar-refractivity contribution >= 4 is 15.9 Å². The lowest BCUT2D eigenvalue weighted by Gasteiger charge is -2.09. The lowest BCUT2D eigenvalue weighted by atomic mass is 10.1. The van der Waals surface area contributed by atoms with Gasteiger partial charge in [0.2, 0.25) is 5.89 Å². The van der Waals surface area contributed by atoms with Crippen LogP contribution in [0.25, 0.3) is 11.5 Å². The van der Waals surface area contributed by atoms with E-state index in [0.717, 1.165) is 6.07 Å². The smallest absolute Gasteiger partial charge is 0.417 e. The average molecular weight is 335 g/mol. The zero-order valence-electron chi connectivity index (χ0n) is 9.88. The highest BCUT2D eigenvalue weighted by Gasteiger charge is 2.33. The van der Waals surface area contributed by atoms with Gasteiger partial charge in [0.25, 0.3) is 0 Å². The van der Waals surface area contributed by atoms with Crippen LogP contribution in [0.3, 0.4) is 0 Å². The molecule has 0 aliphatic rings. The van der Waals surface area contributed by atoms with Crippen LogP contribution in [0, 0.1) is 0 Å². The second-order valence-corrected chi connectivity index (χ2v) is 4.72. The zero-order valence-corrected chi connectivity index (χ0v) is 11.5. The standard InChI is InChI=1S/C12H10BrF3N2O/c1-17-5-8-6-19-11(18-8)7-2-3-10(13)9(4-7)12(14,15)16/h2-4,6,17H,5H2,1H3. The molecule has 1 aromatic heterocycles. The number of nitrogens with zero attached hydrogens (tertiary/aromatic N) is 1. The highest BCUT2D eigenvalue weighted by molar-refractivity contribution is 9.10. The predicted molar refractivity (Wildman–Crippen MR) is 67.4 cm³/mol. The largest absolute Gasteiger partial charge is 0.444 e. The van der Waals surface area contributed by atoms with E-state index in [4.69, 9.17) is 4.42 Å². The SMILES string of the molecule is CNCc1coc(-c2ccc(Br)c(C(F)(F)F)c2)n1. The van der Waals surface area contributed by atoms with Crippen molar-refractivity contribution in [2.45, 2.75) is 12.7 Å². The van der Waals surface area contributed by atoms with Gasteiger partial charge in [-0.15, -0.1) is 0 Å². The summed E-state index contributed by atoms with van der Waals surface area (Å²) in [7, 11) is 1.75. The maximum absolute atomic E-state index is 12.8. The molecule has 0 fully saturated rings. The van der Waals surface area contributed by atoms with Crippen LogP contribution in [0.1, 0.15) is 11.3 Å². The van der Waals surface area contributed by atoms with Gasteiger partial charge in [0, 0.05) is 16.6 Å². The van der Waals surface area contributed by atoms with Crippen LogP contribution >= 0.6 is 15.9 Å². The Balaban J connectivity index is 2.39. The van der Waals surface area contributed by atoms with Crippen molar-refractivity contribution in [3.63, 3.8) is 0 Å². The molecule has 0 saturated carbocycles. The van der Waals surface area contributed by atoms with E-state index in [2.05, 4.69) is 26.2 Å². The molecular formula is C12H10BrF3N2O. The molecule has 0 bridgehead atoms. The normalized spacial score (nSPS) is 11.8. The average Bonchev–Trinajstić information content (AvgIpc) is 2.77. The molecule has 7 heteroatoms. The van der Waals surface area contributed by atoms with Crippen LogP contribution in [-0.4, -0.2) is 12.0 Å². The van der Waals surface area contributed by atoms with Gasteiger partial charge in [0.15, 0.2) is 0 Å². The van der Waals surface area contributed by atoms with Crippen LogP contribution in [0.2, 0.25) is 0 Å². The highest BCUT2D eigenvalue weighted by Crippen LogP contribution is 2.37. The molecule has 19 heavy (non-hydrogen) atoms. The molecule has 102 valence electrons. The van der Waals surface area contributed by atoms with Gasteiger partial charge in [-0.1, -0.05) is 15.9 Å². The van der Waals surface area contributed by atoms with Gasteiger partial charge in [0.05, 0.1) is 11.3 Å². The van der Waals surface area contributed by atoms with E-state index in [9.17, 15) is 13.2 Å². The molecule has 2 aromatic rings. The van der Waals surface area contributed by atoms with Crippen molar-refractivity contribution in [3.8, 4) is 11.5 Å². The summed E-state index contributed by atoms with van der Waals surface area (Å²) in [6.07, 6.45) is -3.00. The van der Waals surface area contributed by atoms with Gasteiger partial charge < -0.3 is 9.73 Å². The molecule has 0 amide bonds. The number of oxazole rings is 1. The molecular weight excluding hydrogens is 325 g/mol. The first kappa shape index (κ1) is 14.1. The Kier molecular flexibility index (Phi) is 3.96. The van der Waals surface area contributed by atoms with Gasteiger partial charge in [0.1, 0.15) is 6.26 Å². The molecule has 0 aliphatic carbocycles. The summed E-state index contributed by atoms with van der Waals surface area (Å²) in [5.41, 5.74) is 0.172. The lowest BCUT2D eigenvalue weighted by Crippen LogP contribution is -2.06. The maximum atomic E-state index is 12.8. The second-order valence-electron chi connectivity index (χ2n) is 3.87. The lowest BCUT2D eigenvalue weighted by molar-refractivity contribution is -0.138. The number of hydrogen-bond donors (Lipinski definition) is 1. The second kappa shape index (κ2) is 5.34. The fraction of sp³-hybridized carbons (Fsp3) is 0.250. The number of benzene rings is 1. The summed E-state index contributed by atoms with van der Waals surface area (Å²) in [4.78, 5) is 4.11. The molecule has 2 rings (SSSR count). The van der Waals surface area contributed by atoms with Gasteiger partial charge >= 0.3 is 6.18 Å². The Morgan fingerprint density at radius 2 is 2.11 bits per heavy atom. The molecule has 0 spiro atoms. The van der Waals surface area contributed by atoms with Gasteiger partial charge in [-0.05, 0) is 25.2 Å². The number of halogens is 4. The first-order chi connectivity index (χ1) is 8.91. The molecule has 0 radical (unpaired) electrons. The Morgan fingerprint density at radius 3 is 2.74 bits per heavy atom. The monoisotopic (exact) mass is 334 g/mol. The Labute approximate surface area is 116 Å².